The monoisotopic (exact) mass is 321 g/mol. The van der Waals surface area contributed by atoms with E-state index in [0.717, 1.165) is 31.4 Å². The maximum absolute atomic E-state index is 6.26. The van der Waals surface area contributed by atoms with E-state index in [1.54, 1.807) is 13.2 Å². The number of hydrogen-bond donors (Lipinski definition) is 2. The van der Waals surface area contributed by atoms with Crippen LogP contribution in [0, 0.1) is 0 Å². The van der Waals surface area contributed by atoms with Crippen molar-refractivity contribution in [2.24, 2.45) is 21.5 Å². The molecule has 1 heterocycles. The Morgan fingerprint density at radius 1 is 1.23 bits per heavy atom. The van der Waals surface area contributed by atoms with E-state index in [0.29, 0.717) is 16.7 Å². The number of benzene rings is 1. The van der Waals surface area contributed by atoms with Crippen LogP contribution >= 0.6 is 11.6 Å². The molecule has 0 aromatic heterocycles. The summed E-state index contributed by atoms with van der Waals surface area (Å²) in [5.41, 5.74) is 12.3. The molecule has 0 amide bonds. The minimum atomic E-state index is -0.494. The van der Waals surface area contributed by atoms with E-state index in [2.05, 4.69) is 9.98 Å². The Morgan fingerprint density at radius 3 is 2.64 bits per heavy atom. The fourth-order valence-electron chi connectivity index (χ4n) is 3.35. The second-order valence-electron chi connectivity index (χ2n) is 5.61. The van der Waals surface area contributed by atoms with Crippen LogP contribution < -0.4 is 21.1 Å². The van der Waals surface area contributed by atoms with Crippen molar-refractivity contribution in [3.05, 3.63) is 23.2 Å². The van der Waals surface area contributed by atoms with Crippen molar-refractivity contribution in [1.82, 2.24) is 0 Å². The summed E-state index contributed by atoms with van der Waals surface area (Å²) in [7, 11) is 1.59. The molecule has 1 saturated carbocycles. The minimum absolute atomic E-state index is 0.233. The molecule has 1 spiro atoms. The fourth-order valence-corrected chi connectivity index (χ4v) is 3.59. The molecule has 0 saturated heterocycles. The van der Waals surface area contributed by atoms with Gasteiger partial charge in [0, 0.05) is 0 Å². The largest absolute Gasteiger partial charge is 0.493 e. The van der Waals surface area contributed by atoms with Gasteiger partial charge in [-0.2, -0.15) is 4.99 Å². The number of guanidine groups is 2. The van der Waals surface area contributed by atoms with Crippen LogP contribution in [0.2, 0.25) is 5.02 Å². The predicted molar refractivity (Wildman–Crippen MR) is 89.5 cm³/mol. The van der Waals surface area contributed by atoms with E-state index in [1.165, 1.54) is 6.42 Å². The highest BCUT2D eigenvalue weighted by molar-refractivity contribution is 6.32. The van der Waals surface area contributed by atoms with Crippen molar-refractivity contribution in [2.75, 3.05) is 12.0 Å². The van der Waals surface area contributed by atoms with Crippen molar-refractivity contribution in [1.29, 1.82) is 0 Å². The molecule has 6 nitrogen and oxygen atoms in total. The number of nitrogens with zero attached hydrogens (tertiary/aromatic N) is 3. The lowest BCUT2D eigenvalue weighted by molar-refractivity contribution is 0.303. The third-order valence-electron chi connectivity index (χ3n) is 4.24. The first-order valence-corrected chi connectivity index (χ1v) is 7.77. The quantitative estimate of drug-likeness (QED) is 0.875. The van der Waals surface area contributed by atoms with E-state index >= 15 is 0 Å². The highest BCUT2D eigenvalue weighted by atomic mass is 35.5. The van der Waals surface area contributed by atoms with Gasteiger partial charge in [0.15, 0.2) is 5.75 Å². The Bertz CT molecular complexity index is 637. The maximum Gasteiger partial charge on any atom is 0.220 e. The fraction of sp³-hybridized carbons (Fsp3) is 0.467. The SMILES string of the molecule is COc1c(Cl)cccc1N1C(N)=NC(N)=NC12CCCCC2. The Kier molecular flexibility index (Phi) is 3.87. The highest BCUT2D eigenvalue weighted by Gasteiger charge is 2.43. The Balaban J connectivity index is 2.14. The number of aliphatic imine (C=N–C) groups is 2. The Morgan fingerprint density at radius 2 is 1.95 bits per heavy atom. The lowest BCUT2D eigenvalue weighted by Crippen LogP contribution is -2.58. The van der Waals surface area contributed by atoms with Gasteiger partial charge in [-0.05, 0) is 37.8 Å². The molecule has 1 aromatic rings. The number of para-hydroxylation sites is 1. The van der Waals surface area contributed by atoms with Crippen LogP contribution in [0.1, 0.15) is 32.1 Å². The second-order valence-corrected chi connectivity index (χ2v) is 6.02. The molecule has 1 aliphatic heterocycles. The van der Waals surface area contributed by atoms with Gasteiger partial charge in [-0.15, -0.1) is 0 Å². The molecule has 1 aromatic carbocycles. The standard InChI is InChI=1S/C15H20ClN5O/c1-22-12-10(16)6-5-7-11(12)21-14(18)19-13(17)20-15(21)8-3-2-4-9-15/h5-7H,2-4,8-9H2,1H3,(H4,17,18,19,20). The summed E-state index contributed by atoms with van der Waals surface area (Å²) in [5, 5.41) is 0.529. The van der Waals surface area contributed by atoms with Gasteiger partial charge in [-0.25, -0.2) is 4.99 Å². The van der Waals surface area contributed by atoms with Gasteiger partial charge in [0.2, 0.25) is 11.9 Å². The molecule has 0 radical (unpaired) electrons. The summed E-state index contributed by atoms with van der Waals surface area (Å²) in [4.78, 5) is 10.7. The molecule has 0 unspecified atom stereocenters. The van der Waals surface area contributed by atoms with E-state index in [1.807, 2.05) is 17.0 Å². The highest BCUT2D eigenvalue weighted by Crippen LogP contribution is 2.44. The van der Waals surface area contributed by atoms with E-state index in [4.69, 9.17) is 27.8 Å². The second kappa shape index (κ2) is 5.68. The van der Waals surface area contributed by atoms with Crippen molar-refractivity contribution in [2.45, 2.75) is 37.8 Å². The van der Waals surface area contributed by atoms with Gasteiger partial charge in [-0.3, -0.25) is 4.90 Å². The minimum Gasteiger partial charge on any atom is -0.493 e. The molecule has 118 valence electrons. The third-order valence-corrected chi connectivity index (χ3v) is 4.54. The molecular formula is C15H20ClN5O. The van der Waals surface area contributed by atoms with Crippen LogP contribution in [0.25, 0.3) is 0 Å². The lowest BCUT2D eigenvalue weighted by atomic mass is 9.87. The molecule has 22 heavy (non-hydrogen) atoms. The summed E-state index contributed by atoms with van der Waals surface area (Å²) in [6.45, 7) is 0. The molecule has 0 atom stereocenters. The summed E-state index contributed by atoms with van der Waals surface area (Å²) in [5.74, 6) is 1.13. The molecule has 4 N–H and O–H groups in total. The average molecular weight is 322 g/mol. The van der Waals surface area contributed by atoms with Gasteiger partial charge in [0.1, 0.15) is 5.66 Å². The first-order valence-electron chi connectivity index (χ1n) is 7.40. The smallest absolute Gasteiger partial charge is 0.220 e. The molecule has 1 aliphatic carbocycles. The van der Waals surface area contributed by atoms with Gasteiger partial charge >= 0.3 is 0 Å². The van der Waals surface area contributed by atoms with Crippen LogP contribution in [0.5, 0.6) is 5.75 Å². The van der Waals surface area contributed by atoms with E-state index in [9.17, 15) is 0 Å². The van der Waals surface area contributed by atoms with Crippen LogP contribution in [0.15, 0.2) is 28.2 Å². The molecule has 3 rings (SSSR count). The van der Waals surface area contributed by atoms with Crippen molar-refractivity contribution in [3.8, 4) is 5.75 Å². The topological polar surface area (TPSA) is 89.2 Å². The Hall–Kier alpha value is -1.95. The molecule has 7 heteroatoms. The van der Waals surface area contributed by atoms with Crippen molar-refractivity contribution >= 4 is 29.2 Å². The van der Waals surface area contributed by atoms with Crippen molar-refractivity contribution < 1.29 is 4.74 Å². The number of nitrogens with two attached hydrogens (primary N) is 2. The zero-order valence-electron chi connectivity index (χ0n) is 12.6. The van der Waals surface area contributed by atoms with Gasteiger partial charge in [0.05, 0.1) is 17.8 Å². The van der Waals surface area contributed by atoms with E-state index < -0.39 is 5.66 Å². The first kappa shape index (κ1) is 15.0. The normalized spacial score (nSPS) is 20.5. The zero-order valence-corrected chi connectivity index (χ0v) is 13.3. The zero-order chi connectivity index (χ0) is 15.7. The van der Waals surface area contributed by atoms with Gasteiger partial charge < -0.3 is 16.2 Å². The number of methoxy groups -OCH3 is 1. The predicted octanol–water partition coefficient (Wildman–Crippen LogP) is 2.46. The number of halogens is 1. The van der Waals surface area contributed by atoms with Crippen LogP contribution in [0.4, 0.5) is 5.69 Å². The number of hydrogen-bond acceptors (Lipinski definition) is 6. The van der Waals surface area contributed by atoms with Gasteiger partial charge in [0.25, 0.3) is 0 Å². The maximum atomic E-state index is 6.26. The number of anilines is 1. The van der Waals surface area contributed by atoms with Crippen LogP contribution in [-0.2, 0) is 0 Å². The number of ether oxygens (including phenoxy) is 1. The third kappa shape index (κ3) is 2.37. The average Bonchev–Trinajstić information content (AvgIpc) is 2.47. The van der Waals surface area contributed by atoms with E-state index in [-0.39, 0.29) is 5.96 Å². The van der Waals surface area contributed by atoms with Gasteiger partial charge in [-0.1, -0.05) is 24.1 Å². The van der Waals surface area contributed by atoms with Crippen LogP contribution in [-0.4, -0.2) is 24.7 Å². The number of rotatable bonds is 2. The molecular weight excluding hydrogens is 302 g/mol. The molecule has 0 bridgehead atoms. The van der Waals surface area contributed by atoms with Crippen molar-refractivity contribution in [3.63, 3.8) is 0 Å². The first-order chi connectivity index (χ1) is 10.6. The molecule has 2 aliphatic rings. The molecule has 1 fully saturated rings. The lowest BCUT2D eigenvalue weighted by Gasteiger charge is -2.45. The Labute approximate surface area is 134 Å². The summed E-state index contributed by atoms with van der Waals surface area (Å²) < 4.78 is 5.47. The summed E-state index contributed by atoms with van der Waals surface area (Å²) in [6, 6.07) is 5.57. The van der Waals surface area contributed by atoms with Crippen LogP contribution in [0.3, 0.4) is 0 Å². The summed E-state index contributed by atoms with van der Waals surface area (Å²) in [6.07, 6.45) is 5.08. The summed E-state index contributed by atoms with van der Waals surface area (Å²) >= 11 is 6.26.